The van der Waals surface area contributed by atoms with Crippen molar-refractivity contribution < 1.29 is 9.90 Å². The van der Waals surface area contributed by atoms with Crippen molar-refractivity contribution in [1.82, 2.24) is 0 Å². The highest BCUT2D eigenvalue weighted by Gasteiger charge is 1.96. The molecule has 0 radical (unpaired) electrons. The summed E-state index contributed by atoms with van der Waals surface area (Å²) in [5.41, 5.74) is 0.688. The normalized spacial score (nSPS) is 14.9. The van der Waals surface area contributed by atoms with Crippen molar-refractivity contribution in [3.05, 3.63) is 11.6 Å². The zero-order chi connectivity index (χ0) is 7.98. The van der Waals surface area contributed by atoms with Crippen LogP contribution in [0.1, 0.15) is 26.7 Å². The first-order chi connectivity index (χ1) is 4.70. The van der Waals surface area contributed by atoms with Gasteiger partial charge in [0.2, 0.25) is 0 Å². The van der Waals surface area contributed by atoms with Gasteiger partial charge in [-0.3, -0.25) is 4.79 Å². The molecule has 10 heavy (non-hydrogen) atoms. The van der Waals surface area contributed by atoms with Crippen LogP contribution >= 0.6 is 0 Å². The Labute approximate surface area is 61.6 Å². The molecule has 0 aromatic rings. The minimum absolute atomic E-state index is 0.296. The number of rotatable bonds is 4. The summed E-state index contributed by atoms with van der Waals surface area (Å²) in [5.74, 6) is 0. The Hall–Kier alpha value is -0.630. The Morgan fingerprint density at radius 2 is 2.30 bits per heavy atom. The highest BCUT2D eigenvalue weighted by Crippen LogP contribution is 1.99. The van der Waals surface area contributed by atoms with Crippen LogP contribution in [-0.2, 0) is 4.79 Å². The summed E-state index contributed by atoms with van der Waals surface area (Å²) in [6.07, 6.45) is 3.57. The molecule has 0 saturated carbocycles. The molecule has 0 spiro atoms. The van der Waals surface area contributed by atoms with Gasteiger partial charge in [0.25, 0.3) is 0 Å². The lowest BCUT2D eigenvalue weighted by molar-refractivity contribution is -0.104. The van der Waals surface area contributed by atoms with Crippen molar-refractivity contribution in [1.29, 1.82) is 0 Å². The van der Waals surface area contributed by atoms with Gasteiger partial charge in [-0.2, -0.15) is 0 Å². The first-order valence-electron chi connectivity index (χ1n) is 3.50. The molecule has 0 rings (SSSR count). The number of aldehydes is 1. The number of carbonyl (C=O) groups is 1. The van der Waals surface area contributed by atoms with Crippen LogP contribution in [0.5, 0.6) is 0 Å². The average Bonchev–Trinajstić information content (AvgIpc) is 1.99. The molecule has 0 fully saturated rings. The second-order valence-electron chi connectivity index (χ2n) is 2.36. The van der Waals surface area contributed by atoms with E-state index >= 15 is 0 Å². The maximum Gasteiger partial charge on any atom is 0.145 e. The van der Waals surface area contributed by atoms with Gasteiger partial charge in [0.05, 0.1) is 6.10 Å². The molecule has 58 valence electrons. The molecular weight excluding hydrogens is 128 g/mol. The molecule has 0 aliphatic rings. The molecule has 0 saturated heterocycles. The lowest BCUT2D eigenvalue weighted by Gasteiger charge is -2.01. The van der Waals surface area contributed by atoms with E-state index < -0.39 is 0 Å². The summed E-state index contributed by atoms with van der Waals surface area (Å²) in [5, 5.41) is 9.04. The summed E-state index contributed by atoms with van der Waals surface area (Å²) in [6.45, 7) is 3.64. The van der Waals surface area contributed by atoms with Gasteiger partial charge < -0.3 is 5.11 Å². The Morgan fingerprint density at radius 3 is 2.70 bits per heavy atom. The zero-order valence-corrected chi connectivity index (χ0v) is 6.50. The van der Waals surface area contributed by atoms with Crippen LogP contribution in [0.3, 0.4) is 0 Å². The maximum absolute atomic E-state index is 10.1. The van der Waals surface area contributed by atoms with Crippen molar-refractivity contribution >= 4 is 6.29 Å². The van der Waals surface area contributed by atoms with Crippen LogP contribution < -0.4 is 0 Å². The quantitative estimate of drug-likeness (QED) is 0.474. The molecule has 0 aliphatic heterocycles. The van der Waals surface area contributed by atoms with Gasteiger partial charge >= 0.3 is 0 Å². The van der Waals surface area contributed by atoms with Gasteiger partial charge in [0.15, 0.2) is 0 Å². The van der Waals surface area contributed by atoms with E-state index in [4.69, 9.17) is 5.11 Å². The Balaban J connectivity index is 3.60. The number of hydrogen-bond donors (Lipinski definition) is 1. The van der Waals surface area contributed by atoms with Crippen LogP contribution in [0.2, 0.25) is 0 Å². The fourth-order valence-corrected chi connectivity index (χ4v) is 0.537. The number of allylic oxidation sites excluding steroid dienone is 1. The standard InChI is InChI=1S/C8H14O2/c1-3-8(10)5-4-7(2)6-9/h4,6,8,10H,3,5H2,1-2H3/b7-4+. The first-order valence-corrected chi connectivity index (χ1v) is 3.50. The molecule has 0 bridgehead atoms. The summed E-state index contributed by atoms with van der Waals surface area (Å²) in [6, 6.07) is 0. The second kappa shape index (κ2) is 5.18. The van der Waals surface area contributed by atoms with Gasteiger partial charge in [-0.25, -0.2) is 0 Å². The maximum atomic E-state index is 10.1. The fourth-order valence-electron chi connectivity index (χ4n) is 0.537. The summed E-state index contributed by atoms with van der Waals surface area (Å²) >= 11 is 0. The molecule has 0 aromatic heterocycles. The lowest BCUT2D eigenvalue weighted by Crippen LogP contribution is -2.01. The van der Waals surface area contributed by atoms with Crippen LogP contribution in [0.25, 0.3) is 0 Å². The molecule has 1 unspecified atom stereocenters. The topological polar surface area (TPSA) is 37.3 Å². The van der Waals surface area contributed by atoms with Crippen molar-refractivity contribution in [3.63, 3.8) is 0 Å². The number of carbonyl (C=O) groups excluding carboxylic acids is 1. The molecule has 0 aromatic carbocycles. The van der Waals surface area contributed by atoms with Gasteiger partial charge in [-0.05, 0) is 25.3 Å². The SMILES string of the molecule is CCC(O)C/C=C(\C)C=O. The van der Waals surface area contributed by atoms with Crippen molar-refractivity contribution in [3.8, 4) is 0 Å². The largest absolute Gasteiger partial charge is 0.393 e. The molecular formula is C8H14O2. The molecule has 2 nitrogen and oxygen atoms in total. The average molecular weight is 142 g/mol. The molecule has 2 heteroatoms. The predicted octanol–water partition coefficient (Wildman–Crippen LogP) is 1.29. The Morgan fingerprint density at radius 1 is 1.70 bits per heavy atom. The van der Waals surface area contributed by atoms with Crippen LogP contribution in [0.15, 0.2) is 11.6 Å². The number of aliphatic hydroxyl groups excluding tert-OH is 1. The minimum Gasteiger partial charge on any atom is -0.393 e. The fraction of sp³-hybridized carbons (Fsp3) is 0.625. The third-order valence-corrected chi connectivity index (χ3v) is 1.37. The van der Waals surface area contributed by atoms with Gasteiger partial charge in [-0.1, -0.05) is 13.0 Å². The highest BCUT2D eigenvalue weighted by atomic mass is 16.3. The monoisotopic (exact) mass is 142 g/mol. The number of hydrogen-bond acceptors (Lipinski definition) is 2. The molecule has 1 N–H and O–H groups in total. The van der Waals surface area contributed by atoms with Gasteiger partial charge in [-0.15, -0.1) is 0 Å². The lowest BCUT2D eigenvalue weighted by atomic mass is 10.1. The van der Waals surface area contributed by atoms with E-state index in [0.717, 1.165) is 12.7 Å². The van der Waals surface area contributed by atoms with Crippen LogP contribution in [0.4, 0.5) is 0 Å². The van der Waals surface area contributed by atoms with Crippen LogP contribution in [-0.4, -0.2) is 17.5 Å². The van der Waals surface area contributed by atoms with Crippen molar-refractivity contribution in [2.24, 2.45) is 0 Å². The third-order valence-electron chi connectivity index (χ3n) is 1.37. The molecule has 1 atom stereocenters. The van der Waals surface area contributed by atoms with E-state index in [2.05, 4.69) is 0 Å². The van der Waals surface area contributed by atoms with E-state index in [9.17, 15) is 4.79 Å². The van der Waals surface area contributed by atoms with E-state index in [1.54, 1.807) is 13.0 Å². The highest BCUT2D eigenvalue weighted by molar-refractivity contribution is 5.71. The second-order valence-corrected chi connectivity index (χ2v) is 2.36. The summed E-state index contributed by atoms with van der Waals surface area (Å²) in [4.78, 5) is 10.1. The Bertz CT molecular complexity index is 127. The number of aliphatic hydroxyl groups is 1. The minimum atomic E-state index is -0.296. The van der Waals surface area contributed by atoms with E-state index in [1.807, 2.05) is 6.92 Å². The molecule has 0 amide bonds. The summed E-state index contributed by atoms with van der Waals surface area (Å²) in [7, 11) is 0. The van der Waals surface area contributed by atoms with E-state index in [1.165, 1.54) is 0 Å². The zero-order valence-electron chi connectivity index (χ0n) is 6.50. The first kappa shape index (κ1) is 9.37. The Kier molecular flexibility index (Phi) is 4.85. The predicted molar refractivity (Wildman–Crippen MR) is 40.7 cm³/mol. The summed E-state index contributed by atoms with van der Waals surface area (Å²) < 4.78 is 0. The molecule has 0 aliphatic carbocycles. The van der Waals surface area contributed by atoms with Crippen molar-refractivity contribution in [2.45, 2.75) is 32.8 Å². The van der Waals surface area contributed by atoms with E-state index in [-0.39, 0.29) is 6.10 Å². The third kappa shape index (κ3) is 4.27. The van der Waals surface area contributed by atoms with Crippen molar-refractivity contribution in [2.75, 3.05) is 0 Å². The smallest absolute Gasteiger partial charge is 0.145 e. The molecule has 0 heterocycles. The van der Waals surface area contributed by atoms with Gasteiger partial charge in [0.1, 0.15) is 6.29 Å². The van der Waals surface area contributed by atoms with E-state index in [0.29, 0.717) is 12.0 Å². The van der Waals surface area contributed by atoms with Crippen LogP contribution in [0, 0.1) is 0 Å². The van der Waals surface area contributed by atoms with Gasteiger partial charge in [0, 0.05) is 0 Å².